The minimum absolute atomic E-state index is 0.109. The molecule has 6 heteroatoms. The van der Waals surface area contributed by atoms with Crippen molar-refractivity contribution >= 4 is 5.91 Å². The summed E-state index contributed by atoms with van der Waals surface area (Å²) in [5.74, 6) is 1.18. The number of aromatic nitrogens is 4. The van der Waals surface area contributed by atoms with E-state index in [0.717, 1.165) is 49.3 Å². The lowest BCUT2D eigenvalue weighted by Gasteiger charge is -2.16. The van der Waals surface area contributed by atoms with E-state index in [2.05, 4.69) is 20.5 Å². The molecule has 1 unspecified atom stereocenters. The molecule has 0 spiro atoms. The van der Waals surface area contributed by atoms with E-state index in [-0.39, 0.29) is 11.9 Å². The number of rotatable bonds is 4. The molecule has 0 aromatic carbocycles. The van der Waals surface area contributed by atoms with Crippen LogP contribution in [0.1, 0.15) is 66.3 Å². The first-order valence-electron chi connectivity index (χ1n) is 8.34. The fourth-order valence-corrected chi connectivity index (χ4v) is 2.95. The van der Waals surface area contributed by atoms with Crippen molar-refractivity contribution in [3.8, 4) is 0 Å². The zero-order chi connectivity index (χ0) is 16.2. The van der Waals surface area contributed by atoms with Crippen molar-refractivity contribution in [3.63, 3.8) is 0 Å². The van der Waals surface area contributed by atoms with Gasteiger partial charge in [-0.15, -0.1) is 10.2 Å². The summed E-state index contributed by atoms with van der Waals surface area (Å²) in [6.45, 7) is 4.86. The van der Waals surface area contributed by atoms with Crippen LogP contribution in [0.5, 0.6) is 0 Å². The van der Waals surface area contributed by atoms with Crippen LogP contribution in [0.2, 0.25) is 0 Å². The number of carbonyl (C=O) groups excluding carboxylic acids is 1. The molecule has 0 saturated carbocycles. The Balaban J connectivity index is 1.78. The van der Waals surface area contributed by atoms with Gasteiger partial charge in [-0.25, -0.2) is 0 Å². The smallest absolute Gasteiger partial charge is 0.289 e. The maximum absolute atomic E-state index is 12.6. The quantitative estimate of drug-likeness (QED) is 0.941. The van der Waals surface area contributed by atoms with Gasteiger partial charge in [-0.2, -0.15) is 0 Å². The van der Waals surface area contributed by atoms with Crippen molar-refractivity contribution in [2.45, 2.75) is 58.5 Å². The van der Waals surface area contributed by atoms with Crippen LogP contribution in [0.15, 0.2) is 18.3 Å². The van der Waals surface area contributed by atoms with E-state index in [1.165, 1.54) is 6.42 Å². The summed E-state index contributed by atoms with van der Waals surface area (Å²) in [6, 6.07) is 3.87. The molecule has 2 aromatic heterocycles. The Labute approximate surface area is 136 Å². The highest BCUT2D eigenvalue weighted by molar-refractivity contribution is 5.91. The van der Waals surface area contributed by atoms with Crippen molar-refractivity contribution in [1.82, 2.24) is 25.1 Å². The number of hydrogen-bond acceptors (Lipinski definition) is 4. The van der Waals surface area contributed by atoms with Gasteiger partial charge in [-0.05, 0) is 37.8 Å². The molecule has 1 N–H and O–H groups in total. The van der Waals surface area contributed by atoms with Crippen molar-refractivity contribution in [1.29, 1.82) is 0 Å². The highest BCUT2D eigenvalue weighted by Gasteiger charge is 2.22. The molecule has 6 nitrogen and oxygen atoms in total. The predicted molar refractivity (Wildman–Crippen MR) is 87.0 cm³/mol. The second-order valence-electron chi connectivity index (χ2n) is 6.10. The number of pyridine rings is 1. The van der Waals surface area contributed by atoms with E-state index in [1.807, 2.05) is 36.7 Å². The Morgan fingerprint density at radius 1 is 1.30 bits per heavy atom. The average Bonchev–Trinajstić information content (AvgIpc) is 2.82. The van der Waals surface area contributed by atoms with Crippen LogP contribution in [0, 0.1) is 6.92 Å². The number of nitrogens with zero attached hydrogens (tertiary/aromatic N) is 4. The molecule has 3 heterocycles. The minimum atomic E-state index is -0.167. The van der Waals surface area contributed by atoms with Crippen LogP contribution >= 0.6 is 0 Å². The molecular formula is C17H23N5O. The molecule has 0 fully saturated rings. The van der Waals surface area contributed by atoms with Gasteiger partial charge in [0, 0.05) is 19.2 Å². The predicted octanol–water partition coefficient (Wildman–Crippen LogP) is 2.59. The van der Waals surface area contributed by atoms with Crippen LogP contribution in [0.25, 0.3) is 0 Å². The fourth-order valence-electron chi connectivity index (χ4n) is 2.95. The van der Waals surface area contributed by atoms with Crippen LogP contribution in [0.3, 0.4) is 0 Å². The maximum atomic E-state index is 12.6. The molecule has 0 aliphatic carbocycles. The highest BCUT2D eigenvalue weighted by atomic mass is 16.2. The molecule has 3 rings (SSSR count). The lowest BCUT2D eigenvalue weighted by Crippen LogP contribution is -2.31. The zero-order valence-electron chi connectivity index (χ0n) is 13.7. The van der Waals surface area contributed by atoms with Gasteiger partial charge >= 0.3 is 0 Å². The van der Waals surface area contributed by atoms with E-state index >= 15 is 0 Å². The molecule has 2 aromatic rings. The van der Waals surface area contributed by atoms with Gasteiger partial charge in [0.25, 0.3) is 5.91 Å². The first-order valence-corrected chi connectivity index (χ1v) is 8.34. The third kappa shape index (κ3) is 3.41. The fraction of sp³-hybridized carbons (Fsp3) is 0.529. The molecule has 0 saturated heterocycles. The number of carbonyl (C=O) groups is 1. The second-order valence-corrected chi connectivity index (χ2v) is 6.10. The van der Waals surface area contributed by atoms with Gasteiger partial charge in [0.1, 0.15) is 5.82 Å². The molecule has 122 valence electrons. The summed E-state index contributed by atoms with van der Waals surface area (Å²) in [4.78, 5) is 17.1. The molecule has 0 radical (unpaired) electrons. The molecule has 1 amide bonds. The molecule has 1 aliphatic heterocycles. The molecular weight excluding hydrogens is 290 g/mol. The third-order valence-corrected chi connectivity index (χ3v) is 4.32. The van der Waals surface area contributed by atoms with E-state index in [0.29, 0.717) is 5.82 Å². The largest absolute Gasteiger partial charge is 0.341 e. The minimum Gasteiger partial charge on any atom is -0.341 e. The van der Waals surface area contributed by atoms with E-state index in [4.69, 9.17) is 0 Å². The zero-order valence-corrected chi connectivity index (χ0v) is 13.7. The third-order valence-electron chi connectivity index (χ3n) is 4.32. The average molecular weight is 313 g/mol. The number of nitrogens with one attached hydrogen (secondary N) is 1. The van der Waals surface area contributed by atoms with Crippen LogP contribution in [-0.2, 0) is 13.0 Å². The Morgan fingerprint density at radius 3 is 2.91 bits per heavy atom. The maximum Gasteiger partial charge on any atom is 0.289 e. The Kier molecular flexibility index (Phi) is 4.69. The lowest BCUT2D eigenvalue weighted by molar-refractivity contribution is 0.0919. The Morgan fingerprint density at radius 2 is 2.17 bits per heavy atom. The van der Waals surface area contributed by atoms with Gasteiger partial charge < -0.3 is 9.88 Å². The van der Waals surface area contributed by atoms with Gasteiger partial charge in [-0.1, -0.05) is 19.4 Å². The van der Waals surface area contributed by atoms with Crippen molar-refractivity contribution in [3.05, 3.63) is 41.2 Å². The Hall–Kier alpha value is -2.24. The SMILES string of the molecule is CCC(NC(=O)c1nnc2n1CCCCC2)c1ccc(C)cn1. The topological polar surface area (TPSA) is 72.7 Å². The molecule has 1 atom stereocenters. The van der Waals surface area contributed by atoms with E-state index in [9.17, 15) is 4.79 Å². The van der Waals surface area contributed by atoms with Crippen LogP contribution < -0.4 is 5.32 Å². The number of fused-ring (bicyclic) bond motifs is 1. The van der Waals surface area contributed by atoms with E-state index in [1.54, 1.807) is 0 Å². The van der Waals surface area contributed by atoms with Gasteiger partial charge in [-0.3, -0.25) is 9.78 Å². The van der Waals surface area contributed by atoms with Gasteiger partial charge in [0.2, 0.25) is 5.82 Å². The summed E-state index contributed by atoms with van der Waals surface area (Å²) in [5.41, 5.74) is 1.99. The number of amides is 1. The van der Waals surface area contributed by atoms with Crippen molar-refractivity contribution in [2.24, 2.45) is 0 Å². The number of aryl methyl sites for hydroxylation is 2. The second kappa shape index (κ2) is 6.89. The molecule has 0 bridgehead atoms. The van der Waals surface area contributed by atoms with Gasteiger partial charge in [0.15, 0.2) is 0 Å². The van der Waals surface area contributed by atoms with E-state index < -0.39 is 0 Å². The first-order chi connectivity index (χ1) is 11.2. The first kappa shape index (κ1) is 15.6. The summed E-state index contributed by atoms with van der Waals surface area (Å²) >= 11 is 0. The monoisotopic (exact) mass is 313 g/mol. The summed E-state index contributed by atoms with van der Waals surface area (Å²) in [7, 11) is 0. The van der Waals surface area contributed by atoms with Crippen LogP contribution in [-0.4, -0.2) is 25.7 Å². The lowest BCUT2D eigenvalue weighted by atomic mass is 10.1. The van der Waals surface area contributed by atoms with Gasteiger partial charge in [0.05, 0.1) is 11.7 Å². The molecule has 23 heavy (non-hydrogen) atoms. The molecule has 1 aliphatic rings. The van der Waals surface area contributed by atoms with Crippen molar-refractivity contribution < 1.29 is 4.79 Å². The van der Waals surface area contributed by atoms with Crippen molar-refractivity contribution in [2.75, 3.05) is 0 Å². The summed E-state index contributed by atoms with van der Waals surface area (Å²) in [6.07, 6.45) is 6.87. The normalized spacial score (nSPS) is 15.6. The number of hydrogen-bond donors (Lipinski definition) is 1. The standard InChI is InChI=1S/C17H23N5O/c1-3-13(14-9-8-12(2)11-18-14)19-17(23)16-21-20-15-7-5-4-6-10-22(15)16/h8-9,11,13H,3-7,10H2,1-2H3,(H,19,23). The summed E-state index contributed by atoms with van der Waals surface area (Å²) in [5, 5.41) is 11.4. The Bertz CT molecular complexity index is 677. The summed E-state index contributed by atoms with van der Waals surface area (Å²) < 4.78 is 1.97. The highest BCUT2D eigenvalue weighted by Crippen LogP contribution is 2.17. The van der Waals surface area contributed by atoms with Crippen LogP contribution in [0.4, 0.5) is 0 Å².